The van der Waals surface area contributed by atoms with Crippen molar-refractivity contribution in [1.82, 2.24) is 15.2 Å². The van der Waals surface area contributed by atoms with Crippen LogP contribution in [0.25, 0.3) is 0 Å². The average Bonchev–Trinajstić information content (AvgIpc) is 3.29. The van der Waals surface area contributed by atoms with E-state index in [1.54, 1.807) is 18.2 Å². The number of carbonyl (C=O) groups is 2. The van der Waals surface area contributed by atoms with E-state index >= 15 is 0 Å². The molecule has 1 aliphatic rings. The lowest BCUT2D eigenvalue weighted by Gasteiger charge is -2.09. The number of aromatic nitrogens is 3. The van der Waals surface area contributed by atoms with Gasteiger partial charge in [-0.25, -0.2) is 4.98 Å². The summed E-state index contributed by atoms with van der Waals surface area (Å²) >= 11 is 0. The van der Waals surface area contributed by atoms with Crippen LogP contribution in [-0.2, 0) is 6.61 Å². The van der Waals surface area contributed by atoms with Crippen LogP contribution in [0.5, 0.6) is 11.5 Å². The Hall–Kier alpha value is -3.48. The second-order valence-corrected chi connectivity index (χ2v) is 5.96. The predicted molar refractivity (Wildman–Crippen MR) is 91.4 cm³/mol. The Morgan fingerprint density at radius 3 is 2.77 bits per heavy atom. The summed E-state index contributed by atoms with van der Waals surface area (Å²) in [7, 11) is 0. The highest BCUT2D eigenvalue weighted by molar-refractivity contribution is 6.21. The molecule has 0 bridgehead atoms. The largest absolute Gasteiger partial charge is 0.488 e. The fourth-order valence-electron chi connectivity index (χ4n) is 2.75. The maximum absolute atomic E-state index is 12.7. The lowest BCUT2D eigenvalue weighted by atomic mass is 10.0. The van der Waals surface area contributed by atoms with E-state index in [0.29, 0.717) is 18.1 Å². The van der Waals surface area contributed by atoms with Crippen LogP contribution >= 0.6 is 0 Å². The van der Waals surface area contributed by atoms with Crippen LogP contribution in [0.15, 0.2) is 48.8 Å². The smallest absolute Gasteiger partial charge is 0.248 e. The zero-order chi connectivity index (χ0) is 18.1. The Labute approximate surface area is 149 Å². The van der Waals surface area contributed by atoms with E-state index < -0.39 is 17.7 Å². The monoisotopic (exact) mass is 349 g/mol. The molecule has 0 aliphatic carbocycles. The second kappa shape index (κ2) is 6.44. The topological polar surface area (TPSA) is 94.2 Å². The van der Waals surface area contributed by atoms with E-state index in [1.165, 1.54) is 6.33 Å². The third kappa shape index (κ3) is 2.83. The van der Waals surface area contributed by atoms with Gasteiger partial charge in [-0.2, -0.15) is 5.10 Å². The minimum atomic E-state index is -1.28. The van der Waals surface area contributed by atoms with Gasteiger partial charge in [0, 0.05) is 0 Å². The molecule has 4 rings (SSSR count). The minimum Gasteiger partial charge on any atom is -0.488 e. The number of Topliss-reactive ketones (excluding diaryl/α,β-unsaturated/α-hetero) is 2. The van der Waals surface area contributed by atoms with Crippen molar-refractivity contribution < 1.29 is 19.1 Å². The molecule has 7 heteroatoms. The number of carbonyl (C=O) groups excluding carboxylic acids is 2. The number of aromatic amines is 1. The van der Waals surface area contributed by atoms with Gasteiger partial charge in [0.1, 0.15) is 30.0 Å². The molecule has 1 N–H and O–H groups in total. The molecule has 2 heterocycles. The zero-order valence-electron chi connectivity index (χ0n) is 13.9. The average molecular weight is 349 g/mol. The molecule has 2 aromatic carbocycles. The SMILES string of the molecule is Cc1ccc(COc2cccc3c2C(=O)C(C(=O)c2ncn[nH]2)O3)cc1. The van der Waals surface area contributed by atoms with E-state index in [-0.39, 0.29) is 11.4 Å². The maximum atomic E-state index is 12.7. The first-order valence-electron chi connectivity index (χ1n) is 8.05. The first-order valence-corrected chi connectivity index (χ1v) is 8.05. The van der Waals surface area contributed by atoms with Gasteiger partial charge in [0.2, 0.25) is 17.7 Å². The fourth-order valence-corrected chi connectivity index (χ4v) is 2.75. The summed E-state index contributed by atoms with van der Waals surface area (Å²) in [4.78, 5) is 28.9. The molecule has 0 fully saturated rings. The van der Waals surface area contributed by atoms with Gasteiger partial charge >= 0.3 is 0 Å². The van der Waals surface area contributed by atoms with Gasteiger partial charge in [0.05, 0.1) is 0 Å². The van der Waals surface area contributed by atoms with Crippen LogP contribution in [0.3, 0.4) is 0 Å². The van der Waals surface area contributed by atoms with Gasteiger partial charge in [-0.05, 0) is 24.6 Å². The zero-order valence-corrected chi connectivity index (χ0v) is 13.9. The van der Waals surface area contributed by atoms with Gasteiger partial charge in [0.25, 0.3) is 0 Å². The fraction of sp³-hybridized carbons (Fsp3) is 0.158. The summed E-state index contributed by atoms with van der Waals surface area (Å²) < 4.78 is 11.4. The van der Waals surface area contributed by atoms with E-state index in [4.69, 9.17) is 9.47 Å². The predicted octanol–water partition coefficient (Wildman–Crippen LogP) is 2.52. The number of ether oxygens (including phenoxy) is 2. The second-order valence-electron chi connectivity index (χ2n) is 5.96. The molecule has 0 amide bonds. The molecule has 1 unspecified atom stereocenters. The van der Waals surface area contributed by atoms with Crippen molar-refractivity contribution in [1.29, 1.82) is 0 Å². The minimum absolute atomic E-state index is 0.0155. The third-order valence-electron chi connectivity index (χ3n) is 4.12. The number of nitrogens with zero attached hydrogens (tertiary/aromatic N) is 2. The summed E-state index contributed by atoms with van der Waals surface area (Å²) in [6.45, 7) is 2.32. The lowest BCUT2D eigenvalue weighted by molar-refractivity contribution is 0.0712. The van der Waals surface area contributed by atoms with Gasteiger partial charge in [-0.15, -0.1) is 0 Å². The molecule has 1 atom stereocenters. The van der Waals surface area contributed by atoms with Crippen molar-refractivity contribution >= 4 is 11.6 Å². The van der Waals surface area contributed by atoms with Crippen molar-refractivity contribution in [2.75, 3.05) is 0 Å². The number of hydrogen-bond donors (Lipinski definition) is 1. The van der Waals surface area contributed by atoms with Gasteiger partial charge in [-0.1, -0.05) is 35.9 Å². The Morgan fingerprint density at radius 1 is 1.23 bits per heavy atom. The molecule has 1 aliphatic heterocycles. The van der Waals surface area contributed by atoms with E-state index in [0.717, 1.165) is 11.1 Å². The molecule has 0 spiro atoms. The number of H-pyrrole nitrogens is 1. The molecule has 0 saturated carbocycles. The van der Waals surface area contributed by atoms with Crippen molar-refractivity contribution in [3.8, 4) is 11.5 Å². The quantitative estimate of drug-likeness (QED) is 0.562. The number of hydrogen-bond acceptors (Lipinski definition) is 6. The third-order valence-corrected chi connectivity index (χ3v) is 4.12. The van der Waals surface area contributed by atoms with Crippen LogP contribution in [0, 0.1) is 6.92 Å². The van der Waals surface area contributed by atoms with Crippen LogP contribution < -0.4 is 9.47 Å². The molecular weight excluding hydrogens is 334 g/mol. The first kappa shape index (κ1) is 16.0. The first-order chi connectivity index (χ1) is 12.6. The Bertz CT molecular complexity index is 965. The summed E-state index contributed by atoms with van der Waals surface area (Å²) in [6, 6.07) is 13.0. The van der Waals surface area contributed by atoms with E-state index in [9.17, 15) is 9.59 Å². The molecule has 1 aromatic heterocycles. The number of fused-ring (bicyclic) bond motifs is 1. The number of ketones is 2. The molecule has 0 radical (unpaired) electrons. The van der Waals surface area contributed by atoms with Gasteiger partial charge in [0.15, 0.2) is 5.82 Å². The molecule has 26 heavy (non-hydrogen) atoms. The summed E-state index contributed by atoms with van der Waals surface area (Å²) in [6.07, 6.45) is -0.0716. The van der Waals surface area contributed by atoms with Crippen molar-refractivity contribution in [3.05, 3.63) is 71.3 Å². The Morgan fingerprint density at radius 2 is 2.04 bits per heavy atom. The molecule has 3 aromatic rings. The highest BCUT2D eigenvalue weighted by Crippen LogP contribution is 2.37. The van der Waals surface area contributed by atoms with Gasteiger partial charge in [-0.3, -0.25) is 14.7 Å². The molecular formula is C19H15N3O4. The summed E-state index contributed by atoms with van der Waals surface area (Å²) in [5.74, 6) is -0.303. The Balaban J connectivity index is 1.56. The van der Waals surface area contributed by atoms with Crippen molar-refractivity contribution in [2.24, 2.45) is 0 Å². The van der Waals surface area contributed by atoms with E-state index in [1.807, 2.05) is 31.2 Å². The van der Waals surface area contributed by atoms with Crippen LogP contribution in [-0.4, -0.2) is 32.9 Å². The van der Waals surface area contributed by atoms with Crippen molar-refractivity contribution in [3.63, 3.8) is 0 Å². The number of nitrogens with one attached hydrogen (secondary N) is 1. The highest BCUT2D eigenvalue weighted by Gasteiger charge is 2.41. The summed E-state index contributed by atoms with van der Waals surface area (Å²) in [5, 5.41) is 6.08. The lowest BCUT2D eigenvalue weighted by Crippen LogP contribution is -2.31. The molecule has 130 valence electrons. The number of aryl methyl sites for hydroxylation is 1. The summed E-state index contributed by atoms with van der Waals surface area (Å²) in [5.41, 5.74) is 2.41. The normalized spacial score (nSPS) is 15.4. The number of rotatable bonds is 5. The maximum Gasteiger partial charge on any atom is 0.248 e. The van der Waals surface area contributed by atoms with Crippen molar-refractivity contribution in [2.45, 2.75) is 19.6 Å². The Kier molecular flexibility index (Phi) is 3.96. The van der Waals surface area contributed by atoms with E-state index in [2.05, 4.69) is 15.2 Å². The standard InChI is InChI=1S/C19H15N3O4/c1-11-5-7-12(8-6-11)9-25-13-3-2-4-14-15(13)16(23)18(26-14)17(24)19-20-10-21-22-19/h2-8,10,18H,9H2,1H3,(H,20,21,22). The number of benzene rings is 2. The van der Waals surface area contributed by atoms with Crippen LogP contribution in [0.1, 0.15) is 32.1 Å². The van der Waals surface area contributed by atoms with Crippen LogP contribution in [0.4, 0.5) is 0 Å². The van der Waals surface area contributed by atoms with Crippen LogP contribution in [0.2, 0.25) is 0 Å². The van der Waals surface area contributed by atoms with Gasteiger partial charge < -0.3 is 9.47 Å². The molecule has 0 saturated heterocycles. The molecule has 7 nitrogen and oxygen atoms in total. The highest BCUT2D eigenvalue weighted by atomic mass is 16.5.